The van der Waals surface area contributed by atoms with Gasteiger partial charge >= 0.3 is 0 Å². The Bertz CT molecular complexity index is 1090. The molecular weight excluding hydrogens is 400 g/mol. The molecule has 0 radical (unpaired) electrons. The second-order valence-electron chi connectivity index (χ2n) is 8.20. The Labute approximate surface area is 177 Å². The van der Waals surface area contributed by atoms with Crippen LogP contribution in [-0.4, -0.2) is 40.6 Å². The molecule has 154 valence electrons. The number of benzene rings is 2. The van der Waals surface area contributed by atoms with E-state index in [1.54, 1.807) is 23.8 Å². The number of likely N-dealkylation sites (tertiary alicyclic amines) is 1. The predicted molar refractivity (Wildman–Crippen MR) is 124 cm³/mol. The summed E-state index contributed by atoms with van der Waals surface area (Å²) in [6.07, 6.45) is 5.47. The highest BCUT2D eigenvalue weighted by molar-refractivity contribution is 8.01. The van der Waals surface area contributed by atoms with Gasteiger partial charge in [0.15, 0.2) is 0 Å². The molecule has 0 spiro atoms. The second-order valence-corrected chi connectivity index (χ2v) is 12.3. The second kappa shape index (κ2) is 8.01. The lowest BCUT2D eigenvalue weighted by molar-refractivity contribution is 0.0715. The molecule has 6 heteroatoms. The number of thiol groups is 1. The van der Waals surface area contributed by atoms with Gasteiger partial charge in [0, 0.05) is 40.0 Å². The number of nitrogens with two attached hydrogens (primary N) is 1. The zero-order chi connectivity index (χ0) is 20.6. The number of hydrogen-bond donors (Lipinski definition) is 2. The lowest BCUT2D eigenvalue weighted by atomic mass is 9.88. The Morgan fingerprint density at radius 2 is 1.93 bits per heavy atom. The average Bonchev–Trinajstić information content (AvgIpc) is 3.16. The molecule has 0 aliphatic carbocycles. The van der Waals surface area contributed by atoms with E-state index in [-0.39, 0.29) is 5.91 Å². The lowest BCUT2D eigenvalue weighted by Gasteiger charge is -2.32. The summed E-state index contributed by atoms with van der Waals surface area (Å²) in [5.41, 5.74) is 9.00. The van der Waals surface area contributed by atoms with E-state index in [4.69, 9.17) is 5.73 Å². The van der Waals surface area contributed by atoms with Gasteiger partial charge in [0.2, 0.25) is 0 Å². The molecule has 2 aromatic carbocycles. The fraction of sp³-hybridized carbons (Fsp3) is 0.348. The van der Waals surface area contributed by atoms with Crippen molar-refractivity contribution in [2.24, 2.45) is 5.73 Å². The van der Waals surface area contributed by atoms with Gasteiger partial charge in [-0.25, -0.2) is 0 Å². The van der Waals surface area contributed by atoms with Crippen molar-refractivity contribution < 1.29 is 9.00 Å². The van der Waals surface area contributed by atoms with E-state index in [1.165, 1.54) is 5.56 Å². The fourth-order valence-corrected chi connectivity index (χ4v) is 5.87. The minimum Gasteiger partial charge on any atom is -0.339 e. The van der Waals surface area contributed by atoms with Crippen LogP contribution in [0, 0.1) is 0 Å². The number of thiophene rings is 1. The molecule has 2 N–H and O–H groups in total. The quantitative estimate of drug-likeness (QED) is 0.617. The molecule has 4 rings (SSSR count). The molecule has 0 saturated carbocycles. The van der Waals surface area contributed by atoms with Crippen molar-refractivity contribution in [3.05, 3.63) is 64.5 Å². The number of piperidine rings is 1. The highest BCUT2D eigenvalue weighted by Crippen LogP contribution is 2.33. The summed E-state index contributed by atoms with van der Waals surface area (Å²) in [6.45, 7) is 2.07. The van der Waals surface area contributed by atoms with Gasteiger partial charge in [0.25, 0.3) is 5.91 Å². The van der Waals surface area contributed by atoms with Gasteiger partial charge in [-0.1, -0.05) is 34.2 Å². The predicted octanol–water partition coefficient (Wildman–Crippen LogP) is 4.02. The van der Waals surface area contributed by atoms with Crippen LogP contribution in [0.1, 0.15) is 40.2 Å². The van der Waals surface area contributed by atoms with Crippen molar-refractivity contribution in [1.29, 1.82) is 0 Å². The standard InChI is InChI=1S/C23H28N2O2S2/c1-29(2,27)19-6-7-22-20(13-19)21(15-28-22)23(26)25-10-8-17(9-11-25)18-5-3-4-16(12-18)14-24/h3-7,12-13,15,17,29H,8-11,14,24H2,1-2H3. The fourth-order valence-electron chi connectivity index (χ4n) is 4.08. The Kier molecular flexibility index (Phi) is 5.60. The van der Waals surface area contributed by atoms with Crippen LogP contribution in [0.25, 0.3) is 10.1 Å². The van der Waals surface area contributed by atoms with Gasteiger partial charge in [0.05, 0.1) is 5.56 Å². The number of fused-ring (bicyclic) bond motifs is 1. The van der Waals surface area contributed by atoms with E-state index in [2.05, 4.69) is 24.3 Å². The summed E-state index contributed by atoms with van der Waals surface area (Å²) in [7, 11) is -2.36. The van der Waals surface area contributed by atoms with Gasteiger partial charge in [-0.05, 0) is 60.6 Å². The Morgan fingerprint density at radius 1 is 1.17 bits per heavy atom. The Hall–Kier alpha value is -2.02. The molecule has 3 aromatic rings. The molecular formula is C23H28N2O2S2. The van der Waals surface area contributed by atoms with E-state index < -0.39 is 9.93 Å². The minimum absolute atomic E-state index is 0.0876. The molecule has 2 heterocycles. The lowest BCUT2D eigenvalue weighted by Crippen LogP contribution is -2.37. The molecule has 1 aliphatic heterocycles. The van der Waals surface area contributed by atoms with Crippen LogP contribution in [-0.2, 0) is 16.5 Å². The monoisotopic (exact) mass is 428 g/mol. The van der Waals surface area contributed by atoms with Gasteiger partial charge < -0.3 is 10.6 Å². The van der Waals surface area contributed by atoms with E-state index in [1.807, 2.05) is 28.5 Å². The maximum atomic E-state index is 13.2. The van der Waals surface area contributed by atoms with Crippen molar-refractivity contribution in [3.63, 3.8) is 0 Å². The number of amides is 1. The summed E-state index contributed by atoms with van der Waals surface area (Å²) in [5.74, 6) is 0.562. The minimum atomic E-state index is -2.36. The van der Waals surface area contributed by atoms with Crippen molar-refractivity contribution in [2.75, 3.05) is 25.6 Å². The molecule has 1 amide bonds. The van der Waals surface area contributed by atoms with Crippen molar-refractivity contribution in [1.82, 2.24) is 4.90 Å². The summed E-state index contributed by atoms with van der Waals surface area (Å²) in [6, 6.07) is 14.4. The van der Waals surface area contributed by atoms with Crippen LogP contribution >= 0.6 is 11.3 Å². The van der Waals surface area contributed by atoms with Gasteiger partial charge in [0.1, 0.15) is 0 Å². The van der Waals surface area contributed by atoms with Crippen LogP contribution in [0.5, 0.6) is 0 Å². The van der Waals surface area contributed by atoms with Gasteiger partial charge in [-0.15, -0.1) is 11.3 Å². The first-order valence-electron chi connectivity index (χ1n) is 10.0. The maximum absolute atomic E-state index is 13.2. The van der Waals surface area contributed by atoms with E-state index >= 15 is 0 Å². The maximum Gasteiger partial charge on any atom is 0.255 e. The third-order valence-corrected chi connectivity index (χ3v) is 8.33. The molecule has 0 unspecified atom stereocenters. The molecule has 0 atom stereocenters. The van der Waals surface area contributed by atoms with E-state index in [0.717, 1.165) is 52.0 Å². The zero-order valence-electron chi connectivity index (χ0n) is 16.9. The first kappa shape index (κ1) is 20.3. The SMILES string of the molecule is C[SH](C)(=O)c1ccc2scc(C(=O)N3CCC(c4cccc(CN)c4)CC3)c2c1. The number of carbonyl (C=O) groups is 1. The molecule has 0 bridgehead atoms. The first-order valence-corrected chi connectivity index (χ1v) is 13.5. The third-order valence-electron chi connectivity index (χ3n) is 5.85. The van der Waals surface area contributed by atoms with Gasteiger partial charge in [-0.2, -0.15) is 0 Å². The summed E-state index contributed by atoms with van der Waals surface area (Å²) < 4.78 is 13.5. The summed E-state index contributed by atoms with van der Waals surface area (Å²) in [5, 5.41) is 2.88. The van der Waals surface area contributed by atoms with Crippen LogP contribution in [0.3, 0.4) is 0 Å². The molecule has 4 nitrogen and oxygen atoms in total. The zero-order valence-corrected chi connectivity index (χ0v) is 18.6. The van der Waals surface area contributed by atoms with Crippen LogP contribution in [0.15, 0.2) is 52.7 Å². The van der Waals surface area contributed by atoms with Crippen molar-refractivity contribution in [3.8, 4) is 0 Å². The Balaban J connectivity index is 1.52. The molecule has 1 saturated heterocycles. The first-order chi connectivity index (χ1) is 13.9. The molecule has 1 aliphatic rings. The van der Waals surface area contributed by atoms with E-state index in [9.17, 15) is 9.00 Å². The number of carbonyl (C=O) groups excluding carboxylic acids is 1. The highest BCUT2D eigenvalue weighted by atomic mass is 32.2. The summed E-state index contributed by atoms with van der Waals surface area (Å²) >= 11 is 1.58. The molecule has 1 aromatic heterocycles. The largest absolute Gasteiger partial charge is 0.339 e. The Morgan fingerprint density at radius 3 is 2.62 bits per heavy atom. The smallest absolute Gasteiger partial charge is 0.255 e. The van der Waals surface area contributed by atoms with Crippen LogP contribution in [0.4, 0.5) is 0 Å². The topological polar surface area (TPSA) is 63.4 Å². The average molecular weight is 429 g/mol. The highest BCUT2D eigenvalue weighted by Gasteiger charge is 2.26. The normalized spacial score (nSPS) is 16.3. The van der Waals surface area contributed by atoms with Crippen molar-refractivity contribution in [2.45, 2.75) is 30.2 Å². The van der Waals surface area contributed by atoms with Gasteiger partial charge in [-0.3, -0.25) is 9.00 Å². The summed E-state index contributed by atoms with van der Waals surface area (Å²) in [4.78, 5) is 16.0. The number of hydrogen-bond acceptors (Lipinski definition) is 4. The third kappa shape index (κ3) is 4.15. The number of rotatable bonds is 4. The van der Waals surface area contributed by atoms with E-state index in [0.29, 0.717) is 12.5 Å². The number of nitrogens with zero attached hydrogens (tertiary/aromatic N) is 1. The molecule has 1 fully saturated rings. The van der Waals surface area contributed by atoms with Crippen LogP contribution < -0.4 is 5.73 Å². The van der Waals surface area contributed by atoms with Crippen molar-refractivity contribution >= 4 is 37.3 Å². The molecule has 29 heavy (non-hydrogen) atoms. The van der Waals surface area contributed by atoms with Crippen LogP contribution in [0.2, 0.25) is 0 Å².